The van der Waals surface area contributed by atoms with E-state index in [2.05, 4.69) is 0 Å². The zero-order chi connectivity index (χ0) is 13.4. The molecular formula is C8H20O5P2S2Zn. The van der Waals surface area contributed by atoms with E-state index in [4.69, 9.17) is 46.0 Å². The van der Waals surface area contributed by atoms with E-state index in [1.165, 1.54) is 0 Å². The standard InChI is InChI=1S/C8H20O5P2S2.Zn/c1-5-9-14(16,10-6-2)13-15(17,11-7-3)12-8-4;/h5-8H2,1-4H3;. The Bertz CT molecular complexity index is 257. The van der Waals surface area contributed by atoms with Crippen molar-refractivity contribution in [3.63, 3.8) is 0 Å². The maximum atomic E-state index is 5.55. The minimum Gasteiger partial charge on any atom is -0.309 e. The van der Waals surface area contributed by atoms with E-state index in [-0.39, 0.29) is 19.5 Å². The van der Waals surface area contributed by atoms with Crippen molar-refractivity contribution in [2.75, 3.05) is 26.4 Å². The molecule has 0 aromatic carbocycles. The van der Waals surface area contributed by atoms with Gasteiger partial charge in [-0.2, -0.15) is 0 Å². The van der Waals surface area contributed by atoms with Gasteiger partial charge in [-0.25, -0.2) is 4.31 Å². The predicted molar refractivity (Wildman–Crippen MR) is 76.2 cm³/mol. The molecule has 0 radical (unpaired) electrons. The minimum absolute atomic E-state index is 0. The molecule has 0 atom stereocenters. The summed E-state index contributed by atoms with van der Waals surface area (Å²) < 4.78 is 26.9. The third kappa shape index (κ3) is 8.81. The van der Waals surface area contributed by atoms with Crippen molar-refractivity contribution in [1.29, 1.82) is 0 Å². The molecule has 0 spiro atoms. The molecule has 0 aliphatic heterocycles. The molecule has 0 fully saturated rings. The van der Waals surface area contributed by atoms with Crippen LogP contribution in [0.2, 0.25) is 0 Å². The third-order valence-corrected chi connectivity index (χ3v) is 7.71. The molecule has 0 unspecified atom stereocenters. The van der Waals surface area contributed by atoms with Crippen LogP contribution in [0.15, 0.2) is 0 Å². The average molecular weight is 388 g/mol. The van der Waals surface area contributed by atoms with Crippen LogP contribution in [0.1, 0.15) is 27.7 Å². The monoisotopic (exact) mass is 386 g/mol. The largest absolute Gasteiger partial charge is 0.334 e. The normalized spacial score (nSPS) is 12.2. The SMILES string of the molecule is CCOP(=S)(OCC)OP(=S)(OCC)OCC.[Zn]. The van der Waals surface area contributed by atoms with E-state index in [1.807, 2.05) is 27.7 Å². The third-order valence-electron chi connectivity index (χ3n) is 1.35. The first-order valence-corrected chi connectivity index (χ1v) is 10.6. The van der Waals surface area contributed by atoms with Crippen molar-refractivity contribution < 1.29 is 41.9 Å². The van der Waals surface area contributed by atoms with Crippen LogP contribution < -0.4 is 0 Å². The van der Waals surface area contributed by atoms with Crippen molar-refractivity contribution in [1.82, 2.24) is 0 Å². The van der Waals surface area contributed by atoms with Crippen LogP contribution in [0, 0.1) is 0 Å². The molecule has 5 nitrogen and oxygen atoms in total. The van der Waals surface area contributed by atoms with Crippen molar-refractivity contribution in [2.24, 2.45) is 0 Å². The van der Waals surface area contributed by atoms with E-state index >= 15 is 0 Å². The van der Waals surface area contributed by atoms with Gasteiger partial charge in [0.2, 0.25) is 0 Å². The fraction of sp³-hybridized carbons (Fsp3) is 1.00. The molecule has 10 heteroatoms. The molecule has 0 aromatic rings. The van der Waals surface area contributed by atoms with E-state index < -0.39 is 13.4 Å². The number of hydrogen-bond acceptors (Lipinski definition) is 7. The number of hydrogen-bond donors (Lipinski definition) is 0. The molecule has 0 amide bonds. The van der Waals surface area contributed by atoms with Gasteiger partial charge >= 0.3 is 13.4 Å². The van der Waals surface area contributed by atoms with Gasteiger partial charge in [0.15, 0.2) is 0 Å². The Kier molecular flexibility index (Phi) is 13.9. The van der Waals surface area contributed by atoms with Crippen LogP contribution in [-0.2, 0) is 65.5 Å². The molecule has 0 rings (SSSR count). The Labute approximate surface area is 133 Å². The van der Waals surface area contributed by atoms with E-state index in [0.717, 1.165) is 0 Å². The fourth-order valence-corrected chi connectivity index (χ4v) is 7.30. The summed E-state index contributed by atoms with van der Waals surface area (Å²) in [6.45, 7) is 3.09. The molecule has 0 bridgehead atoms. The van der Waals surface area contributed by atoms with Crippen molar-refractivity contribution in [2.45, 2.75) is 27.7 Å². The maximum Gasteiger partial charge on any atom is 0.334 e. The molecule has 0 N–H and O–H groups in total. The molecule has 0 aliphatic rings. The molecular weight excluding hydrogens is 368 g/mol. The van der Waals surface area contributed by atoms with Crippen molar-refractivity contribution in [3.8, 4) is 0 Å². The summed E-state index contributed by atoms with van der Waals surface area (Å²) in [4.78, 5) is 0. The quantitative estimate of drug-likeness (QED) is 0.419. The van der Waals surface area contributed by atoms with Gasteiger partial charge in [-0.15, -0.1) is 0 Å². The van der Waals surface area contributed by atoms with Crippen LogP contribution >= 0.6 is 13.4 Å². The second-order valence-corrected chi connectivity index (χ2v) is 8.81. The van der Waals surface area contributed by atoms with Crippen LogP contribution in [0.3, 0.4) is 0 Å². The van der Waals surface area contributed by atoms with Crippen molar-refractivity contribution in [3.05, 3.63) is 0 Å². The first-order chi connectivity index (χ1) is 7.95. The second kappa shape index (κ2) is 11.4. The Hall–Kier alpha value is 1.72. The van der Waals surface area contributed by atoms with E-state index in [1.54, 1.807) is 0 Å². The molecule has 0 aromatic heterocycles. The van der Waals surface area contributed by atoms with Gasteiger partial charge < -0.3 is 18.1 Å². The maximum absolute atomic E-state index is 5.55. The molecule has 0 heterocycles. The summed E-state index contributed by atoms with van der Waals surface area (Å²) in [6, 6.07) is 0. The summed E-state index contributed by atoms with van der Waals surface area (Å²) >= 11 is 10.4. The van der Waals surface area contributed by atoms with Gasteiger partial charge in [0.25, 0.3) is 0 Å². The molecule has 0 aliphatic carbocycles. The van der Waals surface area contributed by atoms with Gasteiger partial charge in [-0.1, -0.05) is 0 Å². The minimum atomic E-state index is -2.87. The summed E-state index contributed by atoms with van der Waals surface area (Å²) in [5.41, 5.74) is 0. The second-order valence-electron chi connectivity index (χ2n) is 2.65. The topological polar surface area (TPSA) is 46.2 Å². The average Bonchev–Trinajstić information content (AvgIpc) is 2.17. The Morgan fingerprint density at radius 3 is 1.06 bits per heavy atom. The van der Waals surface area contributed by atoms with Gasteiger partial charge in [-0.3, -0.25) is 0 Å². The fourth-order valence-electron chi connectivity index (χ4n) is 0.924. The first-order valence-electron chi connectivity index (χ1n) is 5.44. The summed E-state index contributed by atoms with van der Waals surface area (Å²) in [6.07, 6.45) is 0. The first kappa shape index (κ1) is 22.0. The summed E-state index contributed by atoms with van der Waals surface area (Å²) in [5, 5.41) is 0. The van der Waals surface area contributed by atoms with Gasteiger partial charge in [0.1, 0.15) is 0 Å². The Balaban J connectivity index is 0. The summed E-state index contributed by atoms with van der Waals surface area (Å²) in [7, 11) is 0. The molecule has 106 valence electrons. The van der Waals surface area contributed by atoms with Crippen LogP contribution in [0.5, 0.6) is 0 Å². The van der Waals surface area contributed by atoms with Crippen LogP contribution in [-0.4, -0.2) is 26.4 Å². The van der Waals surface area contributed by atoms with Gasteiger partial charge in [0.05, 0.1) is 26.4 Å². The Morgan fingerprint density at radius 2 is 0.889 bits per heavy atom. The summed E-state index contributed by atoms with van der Waals surface area (Å²) in [5.74, 6) is 0. The van der Waals surface area contributed by atoms with Crippen molar-refractivity contribution >= 4 is 37.1 Å². The zero-order valence-electron chi connectivity index (χ0n) is 11.3. The smallest absolute Gasteiger partial charge is 0.309 e. The van der Waals surface area contributed by atoms with Crippen LogP contribution in [0.4, 0.5) is 0 Å². The predicted octanol–water partition coefficient (Wildman–Crippen LogP) is 3.60. The van der Waals surface area contributed by atoms with Crippen LogP contribution in [0.25, 0.3) is 0 Å². The van der Waals surface area contributed by atoms with E-state index in [9.17, 15) is 0 Å². The van der Waals surface area contributed by atoms with Gasteiger partial charge in [-0.05, 0) is 51.3 Å². The number of rotatable bonds is 10. The zero-order valence-corrected chi connectivity index (χ0v) is 17.7. The molecule has 0 saturated heterocycles. The molecule has 0 saturated carbocycles. The Morgan fingerprint density at radius 1 is 0.667 bits per heavy atom. The van der Waals surface area contributed by atoms with E-state index in [0.29, 0.717) is 26.4 Å². The molecule has 18 heavy (non-hydrogen) atoms. The van der Waals surface area contributed by atoms with Gasteiger partial charge in [0, 0.05) is 19.5 Å².